The number of fused-ring (bicyclic) bond motifs is 1. The molecular weight excluding hydrogens is 378 g/mol. The van der Waals surface area contributed by atoms with E-state index >= 15 is 0 Å². The molecule has 6 nitrogen and oxygen atoms in total. The molecule has 0 saturated carbocycles. The molecule has 0 aliphatic carbocycles. The molecule has 0 atom stereocenters. The van der Waals surface area contributed by atoms with Gasteiger partial charge in [0.05, 0.1) is 30.0 Å². The lowest BCUT2D eigenvalue weighted by Crippen LogP contribution is -2.13. The van der Waals surface area contributed by atoms with Crippen LogP contribution in [0.5, 0.6) is 5.75 Å². The molecule has 148 valence electrons. The predicted octanol–water partition coefficient (Wildman–Crippen LogP) is 5.43. The zero-order valence-corrected chi connectivity index (χ0v) is 16.2. The molecule has 0 unspecified atom stereocenters. The number of aromatic nitrogens is 1. The van der Waals surface area contributed by atoms with Gasteiger partial charge in [0.2, 0.25) is 0 Å². The third kappa shape index (κ3) is 4.31. The Hall–Kier alpha value is -4.11. The van der Waals surface area contributed by atoms with Gasteiger partial charge in [-0.3, -0.25) is 4.79 Å². The average molecular weight is 397 g/mol. The number of hydrogen-bond acceptors (Lipinski definition) is 5. The maximum absolute atomic E-state index is 13.1. The molecule has 2 aromatic heterocycles. The lowest BCUT2D eigenvalue weighted by atomic mass is 10.1. The maximum atomic E-state index is 13.1. The summed E-state index contributed by atoms with van der Waals surface area (Å²) in [5.74, 6) is 0.993. The van der Waals surface area contributed by atoms with Crippen molar-refractivity contribution in [2.45, 2.75) is 12.8 Å². The highest BCUT2D eigenvalue weighted by molar-refractivity contribution is 6.13. The number of amides is 1. The molecule has 0 radical (unpaired) electrons. The standard InChI is InChI=1S/C24H19N3O3/c25-12-3-4-13-29-18-8-5-7-17(15-18)26-24(28)20-16-22(23-11-6-14-30-23)27-21-10-2-1-9-19(20)21/h1-2,5-11,14-16H,3-4,13H2,(H,26,28). The average Bonchev–Trinajstić information content (AvgIpc) is 3.31. The van der Waals surface area contributed by atoms with E-state index < -0.39 is 0 Å². The Bertz CT molecular complexity index is 1210. The van der Waals surface area contributed by atoms with Crippen molar-refractivity contribution in [2.75, 3.05) is 11.9 Å². The molecule has 1 amide bonds. The Kier molecular flexibility index (Phi) is 5.72. The second-order valence-corrected chi connectivity index (χ2v) is 6.64. The van der Waals surface area contributed by atoms with Gasteiger partial charge in [0, 0.05) is 23.6 Å². The number of carbonyl (C=O) groups excluding carboxylic acids is 1. The monoisotopic (exact) mass is 397 g/mol. The molecule has 0 aliphatic heterocycles. The van der Waals surface area contributed by atoms with E-state index in [1.54, 1.807) is 30.5 Å². The molecule has 0 saturated heterocycles. The summed E-state index contributed by atoms with van der Waals surface area (Å²) in [6, 6.07) is 22.1. The zero-order chi connectivity index (χ0) is 20.8. The lowest BCUT2D eigenvalue weighted by molar-refractivity contribution is 0.102. The molecule has 30 heavy (non-hydrogen) atoms. The largest absolute Gasteiger partial charge is 0.493 e. The molecule has 0 aliphatic rings. The Morgan fingerprint density at radius 2 is 2.00 bits per heavy atom. The minimum atomic E-state index is -0.247. The molecule has 2 aromatic carbocycles. The Balaban J connectivity index is 1.60. The number of ether oxygens (including phenoxy) is 1. The Morgan fingerprint density at radius 3 is 2.83 bits per heavy atom. The van der Waals surface area contributed by atoms with Crippen molar-refractivity contribution in [3.05, 3.63) is 78.6 Å². The third-order valence-electron chi connectivity index (χ3n) is 4.53. The van der Waals surface area contributed by atoms with Crippen LogP contribution in [0.1, 0.15) is 23.2 Å². The van der Waals surface area contributed by atoms with E-state index in [2.05, 4.69) is 16.4 Å². The van der Waals surface area contributed by atoms with E-state index in [1.165, 1.54) is 0 Å². The van der Waals surface area contributed by atoms with Gasteiger partial charge in [-0.25, -0.2) is 4.98 Å². The highest BCUT2D eigenvalue weighted by Crippen LogP contribution is 2.26. The number of pyridine rings is 1. The number of para-hydroxylation sites is 1. The fourth-order valence-corrected chi connectivity index (χ4v) is 3.12. The summed E-state index contributed by atoms with van der Waals surface area (Å²) in [5, 5.41) is 12.3. The Labute approximate surface area is 173 Å². The number of carbonyl (C=O) groups is 1. The van der Waals surface area contributed by atoms with Gasteiger partial charge >= 0.3 is 0 Å². The number of hydrogen-bond donors (Lipinski definition) is 1. The van der Waals surface area contributed by atoms with Gasteiger partial charge in [0.15, 0.2) is 5.76 Å². The van der Waals surface area contributed by atoms with E-state index in [9.17, 15) is 4.79 Å². The van der Waals surface area contributed by atoms with Gasteiger partial charge < -0.3 is 14.5 Å². The molecule has 0 fully saturated rings. The topological polar surface area (TPSA) is 88.1 Å². The van der Waals surface area contributed by atoms with E-state index in [-0.39, 0.29) is 5.91 Å². The number of nitrogens with zero attached hydrogens (tertiary/aromatic N) is 2. The Morgan fingerprint density at radius 1 is 1.10 bits per heavy atom. The van der Waals surface area contributed by atoms with Crippen LogP contribution >= 0.6 is 0 Å². The molecule has 4 rings (SSSR count). The fraction of sp³-hybridized carbons (Fsp3) is 0.125. The molecule has 4 aromatic rings. The first kappa shape index (κ1) is 19.2. The number of anilines is 1. The number of benzene rings is 2. The number of nitrogens with one attached hydrogen (secondary N) is 1. The summed E-state index contributed by atoms with van der Waals surface area (Å²) in [5.41, 5.74) is 2.44. The van der Waals surface area contributed by atoms with Crippen molar-refractivity contribution in [3.63, 3.8) is 0 Å². The minimum absolute atomic E-state index is 0.247. The van der Waals surface area contributed by atoms with Crippen LogP contribution in [-0.2, 0) is 0 Å². The molecule has 0 spiro atoms. The van der Waals surface area contributed by atoms with Gasteiger partial charge in [0.25, 0.3) is 5.91 Å². The SMILES string of the molecule is N#CCCCOc1cccc(NC(=O)c2cc(-c3ccco3)nc3ccccc23)c1. The molecule has 0 bridgehead atoms. The van der Waals surface area contributed by atoms with E-state index in [1.807, 2.05) is 42.5 Å². The van der Waals surface area contributed by atoms with Crippen LogP contribution in [0.4, 0.5) is 5.69 Å². The summed E-state index contributed by atoms with van der Waals surface area (Å²) in [6.45, 7) is 0.451. The van der Waals surface area contributed by atoms with Crippen molar-refractivity contribution in [3.8, 4) is 23.3 Å². The van der Waals surface area contributed by atoms with Crippen LogP contribution in [0.25, 0.3) is 22.4 Å². The van der Waals surface area contributed by atoms with Crippen molar-refractivity contribution in [2.24, 2.45) is 0 Å². The lowest BCUT2D eigenvalue weighted by Gasteiger charge is -2.11. The molecule has 1 N–H and O–H groups in total. The van der Waals surface area contributed by atoms with Gasteiger partial charge in [0.1, 0.15) is 11.4 Å². The van der Waals surface area contributed by atoms with Gasteiger partial charge in [-0.15, -0.1) is 0 Å². The number of furan rings is 1. The number of rotatable bonds is 7. The van der Waals surface area contributed by atoms with Crippen molar-refractivity contribution >= 4 is 22.5 Å². The highest BCUT2D eigenvalue weighted by Gasteiger charge is 2.15. The molecular formula is C24H19N3O3. The molecule has 6 heteroatoms. The van der Waals surface area contributed by atoms with Crippen LogP contribution in [-0.4, -0.2) is 17.5 Å². The smallest absolute Gasteiger partial charge is 0.256 e. The first-order valence-corrected chi connectivity index (χ1v) is 9.59. The fourth-order valence-electron chi connectivity index (χ4n) is 3.12. The van der Waals surface area contributed by atoms with Crippen LogP contribution in [0.15, 0.2) is 77.4 Å². The normalized spacial score (nSPS) is 10.5. The van der Waals surface area contributed by atoms with Gasteiger partial charge in [-0.05, 0) is 42.8 Å². The van der Waals surface area contributed by atoms with Crippen LogP contribution in [0.3, 0.4) is 0 Å². The van der Waals surface area contributed by atoms with Crippen molar-refractivity contribution < 1.29 is 13.9 Å². The number of nitriles is 1. The summed E-state index contributed by atoms with van der Waals surface area (Å²) in [7, 11) is 0. The quantitative estimate of drug-likeness (QED) is 0.420. The van der Waals surface area contributed by atoms with Crippen LogP contribution in [0.2, 0.25) is 0 Å². The summed E-state index contributed by atoms with van der Waals surface area (Å²) >= 11 is 0. The second kappa shape index (κ2) is 8.93. The first-order chi connectivity index (χ1) is 14.7. The predicted molar refractivity (Wildman–Crippen MR) is 114 cm³/mol. The third-order valence-corrected chi connectivity index (χ3v) is 4.53. The van der Waals surface area contributed by atoms with Gasteiger partial charge in [-0.1, -0.05) is 24.3 Å². The second-order valence-electron chi connectivity index (χ2n) is 6.64. The minimum Gasteiger partial charge on any atom is -0.493 e. The van der Waals surface area contributed by atoms with E-state index in [4.69, 9.17) is 14.4 Å². The maximum Gasteiger partial charge on any atom is 0.256 e. The molecule has 2 heterocycles. The summed E-state index contributed by atoms with van der Waals surface area (Å²) in [6.07, 6.45) is 2.68. The summed E-state index contributed by atoms with van der Waals surface area (Å²) in [4.78, 5) is 17.7. The van der Waals surface area contributed by atoms with Crippen molar-refractivity contribution in [1.29, 1.82) is 5.26 Å². The number of unbranched alkanes of at least 4 members (excludes halogenated alkanes) is 1. The zero-order valence-electron chi connectivity index (χ0n) is 16.2. The van der Waals surface area contributed by atoms with Gasteiger partial charge in [-0.2, -0.15) is 5.26 Å². The highest BCUT2D eigenvalue weighted by atomic mass is 16.5. The van der Waals surface area contributed by atoms with E-state index in [0.717, 1.165) is 5.39 Å². The van der Waals surface area contributed by atoms with Crippen LogP contribution < -0.4 is 10.1 Å². The first-order valence-electron chi connectivity index (χ1n) is 9.59. The van der Waals surface area contributed by atoms with Crippen molar-refractivity contribution in [1.82, 2.24) is 4.98 Å². The van der Waals surface area contributed by atoms with E-state index in [0.29, 0.717) is 53.4 Å². The summed E-state index contributed by atoms with van der Waals surface area (Å²) < 4.78 is 11.1. The van der Waals surface area contributed by atoms with Crippen LogP contribution in [0, 0.1) is 11.3 Å².